The van der Waals surface area contributed by atoms with Gasteiger partial charge in [-0.2, -0.15) is 0 Å². The molecule has 0 saturated carbocycles. The molecule has 1 heterocycles. The van der Waals surface area contributed by atoms with Gasteiger partial charge >= 0.3 is 0 Å². The van der Waals surface area contributed by atoms with Gasteiger partial charge in [-0.25, -0.2) is 4.98 Å². The van der Waals surface area contributed by atoms with Crippen LogP contribution in [0, 0.1) is 27.7 Å². The summed E-state index contributed by atoms with van der Waals surface area (Å²) in [5.74, 6) is 1.08. The molecule has 0 aliphatic rings. The summed E-state index contributed by atoms with van der Waals surface area (Å²) in [5, 5.41) is 3.17. The summed E-state index contributed by atoms with van der Waals surface area (Å²) in [6, 6.07) is 4.50. The molecule has 0 atom stereocenters. The maximum atomic E-state index is 4.80. The zero-order chi connectivity index (χ0) is 14.2. The fraction of sp³-hybridized carbons (Fsp3) is 0.438. The highest BCUT2D eigenvalue weighted by Crippen LogP contribution is 2.28. The average Bonchev–Trinajstić information content (AvgIpc) is 2.63. The van der Waals surface area contributed by atoms with E-state index in [9.17, 15) is 0 Å². The van der Waals surface area contributed by atoms with Gasteiger partial charge in [-0.1, -0.05) is 6.07 Å². The molecule has 0 saturated heterocycles. The van der Waals surface area contributed by atoms with Crippen LogP contribution in [0.25, 0.3) is 11.3 Å². The monoisotopic (exact) mass is 257 g/mol. The Kier molecular flexibility index (Phi) is 3.76. The smallest absolute Gasteiger partial charge is 0.123 e. The summed E-state index contributed by atoms with van der Waals surface area (Å²) in [6.45, 7) is 9.40. The van der Waals surface area contributed by atoms with Crippen LogP contribution in [-0.4, -0.2) is 16.6 Å². The lowest BCUT2D eigenvalue weighted by Crippen LogP contribution is -2.10. The minimum absolute atomic E-state index is 0.793. The van der Waals surface area contributed by atoms with E-state index in [0.717, 1.165) is 18.1 Å². The highest BCUT2D eigenvalue weighted by Gasteiger charge is 2.14. The second-order valence-corrected chi connectivity index (χ2v) is 5.30. The van der Waals surface area contributed by atoms with Crippen LogP contribution < -0.4 is 5.32 Å². The van der Waals surface area contributed by atoms with Crippen LogP contribution in [-0.2, 0) is 13.6 Å². The summed E-state index contributed by atoms with van der Waals surface area (Å²) in [7, 11) is 4.03. The lowest BCUT2D eigenvalue weighted by molar-refractivity contribution is 0.701. The first-order valence-corrected chi connectivity index (χ1v) is 6.70. The van der Waals surface area contributed by atoms with Crippen LogP contribution in [0.5, 0.6) is 0 Å². The first-order valence-electron chi connectivity index (χ1n) is 6.70. The van der Waals surface area contributed by atoms with Crippen molar-refractivity contribution < 1.29 is 0 Å². The predicted molar refractivity (Wildman–Crippen MR) is 80.4 cm³/mol. The van der Waals surface area contributed by atoms with E-state index in [4.69, 9.17) is 4.98 Å². The molecule has 19 heavy (non-hydrogen) atoms. The van der Waals surface area contributed by atoms with Crippen LogP contribution in [0.15, 0.2) is 12.1 Å². The molecule has 2 rings (SSSR count). The third-order valence-corrected chi connectivity index (χ3v) is 3.90. The second-order valence-electron chi connectivity index (χ2n) is 5.30. The van der Waals surface area contributed by atoms with E-state index in [1.807, 2.05) is 7.05 Å². The molecule has 0 fully saturated rings. The van der Waals surface area contributed by atoms with E-state index >= 15 is 0 Å². The number of imidazole rings is 1. The van der Waals surface area contributed by atoms with Crippen molar-refractivity contribution in [3.8, 4) is 11.3 Å². The van der Waals surface area contributed by atoms with Gasteiger partial charge in [-0.05, 0) is 57.5 Å². The molecule has 3 heteroatoms. The Balaban J connectivity index is 2.59. The number of hydrogen-bond donors (Lipinski definition) is 1. The van der Waals surface area contributed by atoms with Crippen molar-refractivity contribution in [2.45, 2.75) is 34.2 Å². The molecule has 0 spiro atoms. The van der Waals surface area contributed by atoms with E-state index in [1.54, 1.807) is 0 Å². The van der Waals surface area contributed by atoms with Gasteiger partial charge in [0.25, 0.3) is 0 Å². The van der Waals surface area contributed by atoms with Gasteiger partial charge in [0.1, 0.15) is 5.82 Å². The lowest BCUT2D eigenvalue weighted by Gasteiger charge is -2.09. The van der Waals surface area contributed by atoms with Gasteiger partial charge in [0, 0.05) is 18.3 Å². The molecule has 2 aromatic rings. The van der Waals surface area contributed by atoms with Crippen LogP contribution in [0.4, 0.5) is 0 Å². The fourth-order valence-electron chi connectivity index (χ4n) is 2.42. The molecule has 1 N–H and O–H groups in total. The molecule has 102 valence electrons. The first-order chi connectivity index (χ1) is 8.95. The second kappa shape index (κ2) is 5.17. The first kappa shape index (κ1) is 13.8. The minimum Gasteiger partial charge on any atom is -0.334 e. The Morgan fingerprint density at radius 1 is 1.05 bits per heavy atom. The van der Waals surface area contributed by atoms with E-state index in [2.05, 4.69) is 56.8 Å². The van der Waals surface area contributed by atoms with Gasteiger partial charge in [0.2, 0.25) is 0 Å². The van der Waals surface area contributed by atoms with E-state index < -0.39 is 0 Å². The number of hydrogen-bond acceptors (Lipinski definition) is 2. The molecule has 3 nitrogen and oxygen atoms in total. The normalized spacial score (nSPS) is 11.1. The maximum absolute atomic E-state index is 4.80. The van der Waals surface area contributed by atoms with Gasteiger partial charge in [0.05, 0.1) is 12.2 Å². The SMILES string of the molecule is CNCc1nc(-c2cc(C)c(C)cc2C)c(C)n1C. The van der Waals surface area contributed by atoms with Crippen molar-refractivity contribution in [1.82, 2.24) is 14.9 Å². The fourth-order valence-corrected chi connectivity index (χ4v) is 2.42. The Hall–Kier alpha value is -1.61. The topological polar surface area (TPSA) is 29.9 Å². The standard InChI is InChI=1S/C16H23N3/c1-10-7-12(3)14(8-11(10)2)16-13(4)19(6)15(18-16)9-17-5/h7-8,17H,9H2,1-6H3. The molecule has 0 unspecified atom stereocenters. The maximum Gasteiger partial charge on any atom is 0.123 e. The largest absolute Gasteiger partial charge is 0.334 e. The van der Waals surface area contributed by atoms with Crippen LogP contribution in [0.3, 0.4) is 0 Å². The van der Waals surface area contributed by atoms with Crippen molar-refractivity contribution >= 4 is 0 Å². The van der Waals surface area contributed by atoms with Gasteiger partial charge in [0.15, 0.2) is 0 Å². The molecular formula is C16H23N3. The summed E-state index contributed by atoms with van der Waals surface area (Å²) >= 11 is 0. The summed E-state index contributed by atoms with van der Waals surface area (Å²) in [5.41, 5.74) is 7.52. The van der Waals surface area contributed by atoms with E-state index in [-0.39, 0.29) is 0 Å². The highest BCUT2D eigenvalue weighted by atomic mass is 15.1. The van der Waals surface area contributed by atoms with Crippen molar-refractivity contribution in [1.29, 1.82) is 0 Å². The molecule has 0 amide bonds. The quantitative estimate of drug-likeness (QED) is 0.916. The Morgan fingerprint density at radius 2 is 1.68 bits per heavy atom. The Labute approximate surface area is 115 Å². The molecule has 1 aromatic heterocycles. The highest BCUT2D eigenvalue weighted by molar-refractivity contribution is 5.67. The number of aryl methyl sites for hydroxylation is 3. The molecule has 0 aliphatic heterocycles. The van der Waals surface area contributed by atoms with E-state index in [1.165, 1.54) is 27.9 Å². The number of aromatic nitrogens is 2. The predicted octanol–water partition coefficient (Wildman–Crippen LogP) is 3.04. The minimum atomic E-state index is 0.793. The Bertz CT molecular complexity index is 609. The van der Waals surface area contributed by atoms with Gasteiger partial charge in [-0.15, -0.1) is 0 Å². The van der Waals surface area contributed by atoms with Crippen LogP contribution in [0.1, 0.15) is 28.2 Å². The summed E-state index contributed by atoms with van der Waals surface area (Å²) in [4.78, 5) is 4.80. The molecular weight excluding hydrogens is 234 g/mol. The lowest BCUT2D eigenvalue weighted by atomic mass is 9.98. The van der Waals surface area contributed by atoms with E-state index in [0.29, 0.717) is 0 Å². The van der Waals surface area contributed by atoms with Crippen molar-refractivity contribution in [2.75, 3.05) is 7.05 Å². The third-order valence-electron chi connectivity index (χ3n) is 3.90. The average molecular weight is 257 g/mol. The number of benzene rings is 1. The van der Waals surface area contributed by atoms with Gasteiger partial charge < -0.3 is 9.88 Å². The summed E-state index contributed by atoms with van der Waals surface area (Å²) in [6.07, 6.45) is 0. The number of nitrogens with zero attached hydrogens (tertiary/aromatic N) is 2. The third kappa shape index (κ3) is 2.43. The zero-order valence-electron chi connectivity index (χ0n) is 12.8. The number of rotatable bonds is 3. The molecule has 0 radical (unpaired) electrons. The van der Waals surface area contributed by atoms with Gasteiger partial charge in [-0.3, -0.25) is 0 Å². The summed E-state index contributed by atoms with van der Waals surface area (Å²) < 4.78 is 2.17. The Morgan fingerprint density at radius 3 is 2.32 bits per heavy atom. The van der Waals surface area contributed by atoms with Crippen molar-refractivity contribution in [3.05, 3.63) is 40.3 Å². The molecule has 0 aliphatic carbocycles. The molecule has 1 aromatic carbocycles. The van der Waals surface area contributed by atoms with Crippen LogP contribution >= 0.6 is 0 Å². The van der Waals surface area contributed by atoms with Crippen LogP contribution in [0.2, 0.25) is 0 Å². The van der Waals surface area contributed by atoms with Crippen molar-refractivity contribution in [3.63, 3.8) is 0 Å². The molecule has 0 bridgehead atoms. The zero-order valence-corrected chi connectivity index (χ0v) is 12.8. The number of nitrogens with one attached hydrogen (secondary N) is 1. The van der Waals surface area contributed by atoms with Crippen molar-refractivity contribution in [2.24, 2.45) is 7.05 Å².